The van der Waals surface area contributed by atoms with Gasteiger partial charge in [0.25, 0.3) is 12.9 Å². The molecule has 4 N–H and O–H groups in total. The first-order valence-corrected chi connectivity index (χ1v) is 24.7. The third-order valence-corrected chi connectivity index (χ3v) is 14.4. The van der Waals surface area contributed by atoms with Crippen molar-refractivity contribution in [2.24, 2.45) is 11.8 Å². The Morgan fingerprint density at radius 2 is 1.20 bits per heavy atom. The van der Waals surface area contributed by atoms with Crippen molar-refractivity contribution in [3.63, 3.8) is 0 Å². The van der Waals surface area contributed by atoms with E-state index in [4.69, 9.17) is 19.6 Å². The van der Waals surface area contributed by atoms with E-state index in [1.54, 1.807) is 25.2 Å². The number of ether oxygens (including phenoxy) is 2. The van der Waals surface area contributed by atoms with E-state index < -0.39 is 0 Å². The van der Waals surface area contributed by atoms with E-state index in [1.807, 2.05) is 33.9 Å². The lowest BCUT2D eigenvalue weighted by Crippen LogP contribution is -2.31. The van der Waals surface area contributed by atoms with Gasteiger partial charge < -0.3 is 39.7 Å². The molecule has 374 valence electrons. The minimum Gasteiger partial charge on any atom is -0.471 e. The van der Waals surface area contributed by atoms with Crippen LogP contribution in [0.25, 0.3) is 44.5 Å². The van der Waals surface area contributed by atoms with Gasteiger partial charge in [0, 0.05) is 0 Å². The zero-order valence-corrected chi connectivity index (χ0v) is 42.8. The van der Waals surface area contributed by atoms with Crippen molar-refractivity contribution in [2.75, 3.05) is 55.5 Å². The van der Waals surface area contributed by atoms with E-state index in [0.29, 0.717) is 42.3 Å². The van der Waals surface area contributed by atoms with E-state index in [2.05, 4.69) is 109 Å². The number of methoxy groups -OCH3 is 2. The zero-order valence-electron chi connectivity index (χ0n) is 42.8. The number of hydrogen-bond acceptors (Lipinski definition) is 12. The van der Waals surface area contributed by atoms with Crippen LogP contribution >= 0.6 is 0 Å². The molecule has 1 saturated carbocycles. The maximum atomic E-state index is 10.1. The first-order valence-electron chi connectivity index (χ1n) is 24.7. The molecule has 2 saturated heterocycles. The number of aldehydes is 2. The van der Waals surface area contributed by atoms with Crippen LogP contribution in [0.15, 0.2) is 60.8 Å². The van der Waals surface area contributed by atoms with Crippen molar-refractivity contribution in [3.8, 4) is 33.5 Å². The van der Waals surface area contributed by atoms with Crippen LogP contribution in [0.5, 0.6) is 0 Å². The third kappa shape index (κ3) is 13.4. The van der Waals surface area contributed by atoms with Gasteiger partial charge >= 0.3 is 0 Å². The molecule has 5 aromatic rings. The van der Waals surface area contributed by atoms with E-state index in [-0.39, 0.29) is 12.1 Å². The quantitative estimate of drug-likeness (QED) is 0.0827. The minimum atomic E-state index is 0.0231. The van der Waals surface area contributed by atoms with Crippen LogP contribution in [0.3, 0.4) is 0 Å². The fourth-order valence-electron chi connectivity index (χ4n) is 10.5. The number of carbonyl (C=O) groups is 4. The van der Waals surface area contributed by atoms with Gasteiger partial charge in [-0.2, -0.15) is 0 Å². The average molecular weight is 947 g/mol. The molecule has 14 nitrogen and oxygen atoms in total. The Balaban J connectivity index is 0.000000308. The number of carbonyl (C=O) groups excluding carboxylic acids is 4. The first kappa shape index (κ1) is 54.4. The Morgan fingerprint density at radius 3 is 1.68 bits per heavy atom. The molecule has 4 atom stereocenters. The number of rotatable bonds is 13. The second-order valence-corrected chi connectivity index (χ2v) is 19.4. The average Bonchev–Trinajstić information content (AvgIpc) is 4.24. The fourth-order valence-corrected chi connectivity index (χ4v) is 10.5. The Kier molecular flexibility index (Phi) is 20.8. The third-order valence-electron chi connectivity index (χ3n) is 14.4. The predicted molar refractivity (Wildman–Crippen MR) is 276 cm³/mol. The molecule has 69 heavy (non-hydrogen) atoms. The lowest BCUT2D eigenvalue weighted by molar-refractivity contribution is -0.126. The molecule has 4 unspecified atom stereocenters. The Labute approximate surface area is 410 Å². The summed E-state index contributed by atoms with van der Waals surface area (Å²) >= 11 is 0. The summed E-state index contributed by atoms with van der Waals surface area (Å²) in [7, 11) is 10.6. The molecule has 9 rings (SSSR count). The second-order valence-electron chi connectivity index (χ2n) is 19.4. The van der Waals surface area contributed by atoms with Crippen LogP contribution in [-0.2, 0) is 40.5 Å². The topological polar surface area (TPSA) is 175 Å². The summed E-state index contributed by atoms with van der Waals surface area (Å²) in [5.41, 5.74) is 13.6. The van der Waals surface area contributed by atoms with Crippen LogP contribution in [0.4, 0.5) is 0 Å². The lowest BCUT2D eigenvalue weighted by Gasteiger charge is -2.28. The number of likely N-dealkylation sites (N-methyl/N-ethyl adjacent to an activating group) is 2. The maximum Gasteiger partial charge on any atom is 0.292 e. The lowest BCUT2D eigenvalue weighted by atomic mass is 9.76. The summed E-state index contributed by atoms with van der Waals surface area (Å²) in [5.74, 6) is 3.02. The van der Waals surface area contributed by atoms with Crippen molar-refractivity contribution in [2.45, 2.75) is 121 Å². The number of nitrogens with zero attached hydrogens (tertiary/aromatic N) is 4. The van der Waals surface area contributed by atoms with Gasteiger partial charge in [-0.25, -0.2) is 9.97 Å². The van der Waals surface area contributed by atoms with Crippen molar-refractivity contribution in [1.82, 2.24) is 40.4 Å². The highest BCUT2D eigenvalue weighted by molar-refractivity contribution is 5.86. The number of benzene rings is 3. The summed E-state index contributed by atoms with van der Waals surface area (Å²) in [6.45, 7) is 11.1. The van der Waals surface area contributed by atoms with Crippen molar-refractivity contribution < 1.29 is 28.7 Å². The Hall–Kier alpha value is -5.54. The number of aromatic nitrogens is 4. The molecule has 4 aliphatic rings. The predicted octanol–water partition coefficient (Wildman–Crippen LogP) is 9.02. The Morgan fingerprint density at radius 1 is 0.681 bits per heavy atom. The number of hydrogen-bond donors (Lipinski definition) is 4. The van der Waals surface area contributed by atoms with Gasteiger partial charge in [0.1, 0.15) is 24.2 Å². The van der Waals surface area contributed by atoms with Crippen molar-refractivity contribution >= 4 is 36.6 Å². The summed E-state index contributed by atoms with van der Waals surface area (Å²) < 4.78 is 7.72. The van der Waals surface area contributed by atoms with Gasteiger partial charge in [-0.05, 0) is 161 Å². The molecule has 2 aromatic heterocycles. The molecule has 2 aliphatic heterocycles. The molecule has 4 heterocycles. The first-order chi connectivity index (χ1) is 33.3. The number of H-pyrrole nitrogens is 2. The molecule has 3 aromatic carbocycles. The molecular weight excluding hydrogens is 869 g/mol. The summed E-state index contributed by atoms with van der Waals surface area (Å²) in [6.07, 6.45) is 16.5. The second kappa shape index (κ2) is 26.4. The summed E-state index contributed by atoms with van der Waals surface area (Å²) in [5, 5.41) is 5.77. The highest BCUT2D eigenvalue weighted by Crippen LogP contribution is 2.55. The SMILES string of the molecule is CN1CCCC1c1ncc(-c2ccc(-c3ccc(-c4ccc5nc(C6CCCN6C)[nH]c5c4)c4c3CCC43CCCC3)cc2)[nH]1.CNC(C=O)C(C)C.CNC(C=O)C(C)C.COC=O.COC=O. The number of fused-ring (bicyclic) bond motifs is 3. The van der Waals surface area contributed by atoms with Crippen molar-refractivity contribution in [1.29, 1.82) is 0 Å². The monoisotopic (exact) mass is 947 g/mol. The number of likely N-dealkylation sites (tertiary alicyclic amines) is 2. The Bertz CT molecular complexity index is 2360. The van der Waals surface area contributed by atoms with Crippen LogP contribution in [0.2, 0.25) is 0 Å². The molecule has 3 fully saturated rings. The highest BCUT2D eigenvalue weighted by atomic mass is 16.5. The molecular formula is C55H78N8O6. The molecule has 0 amide bonds. The van der Waals surface area contributed by atoms with Crippen LogP contribution in [0.1, 0.15) is 120 Å². The summed E-state index contributed by atoms with van der Waals surface area (Å²) in [6, 6.07) is 21.8. The van der Waals surface area contributed by atoms with Crippen LogP contribution in [-0.4, -0.2) is 123 Å². The molecule has 14 heteroatoms. The van der Waals surface area contributed by atoms with Gasteiger partial charge in [0.2, 0.25) is 0 Å². The van der Waals surface area contributed by atoms with E-state index in [0.717, 1.165) is 54.0 Å². The highest BCUT2D eigenvalue weighted by Gasteiger charge is 2.43. The van der Waals surface area contributed by atoms with E-state index in [1.165, 1.54) is 106 Å². The summed E-state index contributed by atoms with van der Waals surface area (Å²) in [4.78, 5) is 60.1. The van der Waals surface area contributed by atoms with Gasteiger partial charge in [0.05, 0.1) is 61.3 Å². The minimum absolute atomic E-state index is 0.0231. The maximum absolute atomic E-state index is 10.1. The largest absolute Gasteiger partial charge is 0.471 e. The van der Waals surface area contributed by atoms with Gasteiger partial charge in [-0.3, -0.25) is 19.4 Å². The fraction of sp³-hybridized carbons (Fsp3) is 0.527. The van der Waals surface area contributed by atoms with Gasteiger partial charge in [0.15, 0.2) is 0 Å². The molecule has 1 spiro atoms. The standard InChI is InChI=1S/C39H44N6.2C6H13NO.2C2H4O2/c1-44-21-5-7-34(44)37-40-24-33(43-37)26-11-9-25(10-12-26)28-14-15-29(36-30(28)17-20-39(36)18-3-4-19-39)27-13-16-31-32(23-27)42-38(41-31)35-8-6-22-45(35)2;2*1-5(2)6(4-8)7-3;2*1-4-2-3/h9-16,23-24,34-35H,3-8,17-22H2,1-2H3,(H,40,43)(H,41,42);2*4-7H,1-3H3;2*2H,1H3. The number of nitrogens with one attached hydrogen (secondary N) is 4. The number of imidazole rings is 2. The van der Waals surface area contributed by atoms with E-state index >= 15 is 0 Å². The smallest absolute Gasteiger partial charge is 0.292 e. The molecule has 0 bridgehead atoms. The molecule has 0 radical (unpaired) electrons. The van der Waals surface area contributed by atoms with Crippen LogP contribution < -0.4 is 10.6 Å². The van der Waals surface area contributed by atoms with Crippen molar-refractivity contribution in [3.05, 3.63) is 83.6 Å². The van der Waals surface area contributed by atoms with Crippen LogP contribution in [0, 0.1) is 11.8 Å². The normalized spacial score (nSPS) is 19.0. The zero-order chi connectivity index (χ0) is 50.1. The van der Waals surface area contributed by atoms with Gasteiger partial charge in [-0.15, -0.1) is 0 Å². The van der Waals surface area contributed by atoms with Gasteiger partial charge in [-0.1, -0.05) is 83.0 Å². The molecule has 2 aliphatic carbocycles. The number of aromatic amines is 2. The van der Waals surface area contributed by atoms with E-state index in [9.17, 15) is 9.59 Å².